The molecule has 0 aliphatic rings. The highest BCUT2D eigenvalue weighted by Gasteiger charge is 2.16. The van der Waals surface area contributed by atoms with Crippen molar-refractivity contribution in [3.05, 3.63) is 31.6 Å². The number of nitrogens with zero attached hydrogens (tertiary/aromatic N) is 2. The van der Waals surface area contributed by atoms with E-state index in [0.29, 0.717) is 10.1 Å². The topological polar surface area (TPSA) is 56.0 Å². The molecule has 0 fully saturated rings. The average molecular weight is 278 g/mol. The van der Waals surface area contributed by atoms with Crippen LogP contribution in [0.1, 0.15) is 12.5 Å². The van der Waals surface area contributed by atoms with Crippen LogP contribution in [-0.2, 0) is 6.42 Å². The number of aromatic nitrogens is 1. The Morgan fingerprint density at radius 1 is 1.75 bits per heavy atom. The van der Waals surface area contributed by atoms with E-state index in [-0.39, 0.29) is 10.6 Å². The molecule has 0 bridgehead atoms. The fourth-order valence-electron chi connectivity index (χ4n) is 0.943. The van der Waals surface area contributed by atoms with Crippen LogP contribution >= 0.6 is 22.6 Å². The highest BCUT2D eigenvalue weighted by molar-refractivity contribution is 14.1. The zero-order valence-electron chi connectivity index (χ0n) is 6.45. The summed E-state index contributed by atoms with van der Waals surface area (Å²) in [5.41, 5.74) is 0.875. The van der Waals surface area contributed by atoms with Crippen LogP contribution < -0.4 is 0 Å². The summed E-state index contributed by atoms with van der Waals surface area (Å²) in [6.45, 7) is 1.89. The highest BCUT2D eigenvalue weighted by Crippen LogP contribution is 2.23. The molecule has 0 aliphatic carbocycles. The molecule has 1 aromatic heterocycles. The van der Waals surface area contributed by atoms with E-state index < -0.39 is 0 Å². The summed E-state index contributed by atoms with van der Waals surface area (Å²) in [6.07, 6.45) is 2.25. The summed E-state index contributed by atoms with van der Waals surface area (Å²) in [4.78, 5) is 14.0. The number of halogens is 1. The third-order valence-corrected chi connectivity index (χ3v) is 2.32. The molecule has 0 saturated carbocycles. The molecule has 4 nitrogen and oxygen atoms in total. The van der Waals surface area contributed by atoms with Gasteiger partial charge in [0.05, 0.1) is 4.92 Å². The SMILES string of the molecule is CCc1ccnc(I)c1[N+](=O)[O-]. The van der Waals surface area contributed by atoms with Gasteiger partial charge in [0.25, 0.3) is 0 Å². The molecule has 12 heavy (non-hydrogen) atoms. The molecule has 0 amide bonds. The van der Waals surface area contributed by atoms with Crippen molar-refractivity contribution in [3.63, 3.8) is 0 Å². The molecule has 1 rings (SSSR count). The van der Waals surface area contributed by atoms with E-state index in [1.807, 2.05) is 29.5 Å². The van der Waals surface area contributed by atoms with E-state index in [4.69, 9.17) is 0 Å². The summed E-state index contributed by atoms with van der Waals surface area (Å²) < 4.78 is 0.456. The van der Waals surface area contributed by atoms with Gasteiger partial charge in [-0.25, -0.2) is 4.98 Å². The maximum atomic E-state index is 10.6. The maximum Gasteiger partial charge on any atom is 0.304 e. The molecule has 0 aliphatic heterocycles. The molecule has 0 atom stereocenters. The fourth-order valence-corrected chi connectivity index (χ4v) is 1.65. The first-order valence-electron chi connectivity index (χ1n) is 3.44. The molecular weight excluding hydrogens is 271 g/mol. The molecule has 0 radical (unpaired) electrons. The van der Waals surface area contributed by atoms with Gasteiger partial charge >= 0.3 is 5.69 Å². The third-order valence-electron chi connectivity index (χ3n) is 1.53. The predicted molar refractivity (Wildman–Crippen MR) is 53.0 cm³/mol. The molecule has 0 aromatic carbocycles. The normalized spacial score (nSPS) is 9.83. The second-order valence-corrected chi connectivity index (χ2v) is 3.24. The summed E-state index contributed by atoms with van der Waals surface area (Å²) in [6, 6.07) is 1.68. The van der Waals surface area contributed by atoms with Crippen molar-refractivity contribution < 1.29 is 4.92 Å². The fraction of sp³-hybridized carbons (Fsp3) is 0.286. The lowest BCUT2D eigenvalue weighted by molar-refractivity contribution is -0.386. The van der Waals surface area contributed by atoms with Crippen LogP contribution in [0.5, 0.6) is 0 Å². The average Bonchev–Trinajstić information content (AvgIpc) is 2.03. The van der Waals surface area contributed by atoms with E-state index in [1.165, 1.54) is 0 Å². The zero-order valence-corrected chi connectivity index (χ0v) is 8.61. The smallest absolute Gasteiger partial charge is 0.258 e. The quantitative estimate of drug-likeness (QED) is 0.360. The van der Waals surface area contributed by atoms with E-state index in [1.54, 1.807) is 12.3 Å². The minimum Gasteiger partial charge on any atom is -0.258 e. The van der Waals surface area contributed by atoms with Crippen LogP contribution in [0.25, 0.3) is 0 Å². The summed E-state index contributed by atoms with van der Waals surface area (Å²) in [5, 5.41) is 10.6. The lowest BCUT2D eigenvalue weighted by Crippen LogP contribution is -1.98. The molecule has 0 saturated heterocycles. The summed E-state index contributed by atoms with van der Waals surface area (Å²) >= 11 is 1.87. The molecule has 0 unspecified atom stereocenters. The number of pyridine rings is 1. The van der Waals surface area contributed by atoms with Crippen LogP contribution in [-0.4, -0.2) is 9.91 Å². The van der Waals surface area contributed by atoms with Gasteiger partial charge in [-0.2, -0.15) is 0 Å². The van der Waals surface area contributed by atoms with Gasteiger partial charge in [-0.05, 0) is 35.1 Å². The Morgan fingerprint density at radius 3 is 2.83 bits per heavy atom. The van der Waals surface area contributed by atoms with Gasteiger partial charge < -0.3 is 0 Å². The van der Waals surface area contributed by atoms with Crippen molar-refractivity contribution in [2.75, 3.05) is 0 Å². The molecule has 1 heterocycles. The first-order valence-corrected chi connectivity index (χ1v) is 4.52. The predicted octanol–water partition coefficient (Wildman–Crippen LogP) is 2.16. The maximum absolute atomic E-state index is 10.6. The van der Waals surface area contributed by atoms with Crippen molar-refractivity contribution in [3.8, 4) is 0 Å². The highest BCUT2D eigenvalue weighted by atomic mass is 127. The van der Waals surface area contributed by atoms with E-state index in [2.05, 4.69) is 4.98 Å². The van der Waals surface area contributed by atoms with Gasteiger partial charge in [0.1, 0.15) is 0 Å². The van der Waals surface area contributed by atoms with Crippen LogP contribution in [0, 0.1) is 13.8 Å². The van der Waals surface area contributed by atoms with Crippen molar-refractivity contribution >= 4 is 28.3 Å². The van der Waals surface area contributed by atoms with Crippen molar-refractivity contribution in [1.29, 1.82) is 0 Å². The van der Waals surface area contributed by atoms with Crippen LogP contribution in [0.15, 0.2) is 12.3 Å². The minimum absolute atomic E-state index is 0.139. The Bertz CT molecular complexity index is 314. The Morgan fingerprint density at radius 2 is 2.42 bits per heavy atom. The lowest BCUT2D eigenvalue weighted by Gasteiger charge is -1.99. The van der Waals surface area contributed by atoms with Gasteiger partial charge in [0.2, 0.25) is 0 Å². The first kappa shape index (κ1) is 9.37. The Labute approximate surface area is 83.3 Å². The van der Waals surface area contributed by atoms with Crippen LogP contribution in [0.4, 0.5) is 5.69 Å². The van der Waals surface area contributed by atoms with Gasteiger partial charge in [0.15, 0.2) is 3.70 Å². The van der Waals surface area contributed by atoms with Gasteiger partial charge in [-0.15, -0.1) is 0 Å². The molecule has 1 aromatic rings. The van der Waals surface area contributed by atoms with Gasteiger partial charge in [-0.1, -0.05) is 6.92 Å². The van der Waals surface area contributed by atoms with E-state index in [0.717, 1.165) is 5.56 Å². The zero-order chi connectivity index (χ0) is 9.14. The largest absolute Gasteiger partial charge is 0.304 e. The molecule has 0 N–H and O–H groups in total. The second kappa shape index (κ2) is 3.79. The Hall–Kier alpha value is -0.720. The number of hydrogen-bond donors (Lipinski definition) is 0. The molecule has 0 spiro atoms. The Balaban J connectivity index is 3.29. The van der Waals surface area contributed by atoms with Crippen LogP contribution in [0.3, 0.4) is 0 Å². The Kier molecular flexibility index (Phi) is 2.96. The number of nitro groups is 1. The minimum atomic E-state index is -0.381. The van der Waals surface area contributed by atoms with E-state index >= 15 is 0 Å². The first-order chi connectivity index (χ1) is 5.66. The lowest BCUT2D eigenvalue weighted by atomic mass is 10.2. The molecule has 5 heteroatoms. The molecular formula is C7H7IN2O2. The van der Waals surface area contributed by atoms with Crippen LogP contribution in [0.2, 0.25) is 0 Å². The standard InChI is InChI=1S/C7H7IN2O2/c1-2-5-3-4-9-7(8)6(5)10(11)12/h3-4H,2H2,1H3. The van der Waals surface area contributed by atoms with Gasteiger partial charge in [-0.3, -0.25) is 10.1 Å². The molecule has 64 valence electrons. The van der Waals surface area contributed by atoms with Crippen molar-refractivity contribution in [2.24, 2.45) is 0 Å². The second-order valence-electron chi connectivity index (χ2n) is 2.22. The number of rotatable bonds is 2. The number of aryl methyl sites for hydroxylation is 1. The number of hydrogen-bond acceptors (Lipinski definition) is 3. The summed E-state index contributed by atoms with van der Waals surface area (Å²) in [5.74, 6) is 0. The monoisotopic (exact) mass is 278 g/mol. The van der Waals surface area contributed by atoms with Gasteiger partial charge in [0, 0.05) is 11.8 Å². The van der Waals surface area contributed by atoms with Crippen molar-refractivity contribution in [1.82, 2.24) is 4.98 Å². The summed E-state index contributed by atoms with van der Waals surface area (Å²) in [7, 11) is 0. The van der Waals surface area contributed by atoms with Crippen molar-refractivity contribution in [2.45, 2.75) is 13.3 Å². The third kappa shape index (κ3) is 1.71. The van der Waals surface area contributed by atoms with E-state index in [9.17, 15) is 10.1 Å².